The van der Waals surface area contributed by atoms with E-state index in [4.69, 9.17) is 21.1 Å². The third kappa shape index (κ3) is 6.17. The molecule has 5 rings (SSSR count). The first-order valence-corrected chi connectivity index (χ1v) is 13.1. The summed E-state index contributed by atoms with van der Waals surface area (Å²) in [5, 5.41) is 4.08. The van der Waals surface area contributed by atoms with Crippen LogP contribution in [0.1, 0.15) is 32.1 Å². The molecular weight excluding hydrogens is 481 g/mol. The number of fused-ring (bicyclic) bond motifs is 1. The van der Waals surface area contributed by atoms with Crippen LogP contribution in [-0.4, -0.2) is 72.3 Å². The molecule has 2 aliphatic heterocycles. The Morgan fingerprint density at radius 2 is 1.86 bits per heavy atom. The highest BCUT2D eigenvalue weighted by atomic mass is 35.5. The number of hydrogen-bond acceptors (Lipinski definition) is 7. The third-order valence-corrected chi connectivity index (χ3v) is 7.23. The van der Waals surface area contributed by atoms with Crippen molar-refractivity contribution in [3.05, 3.63) is 47.5 Å². The van der Waals surface area contributed by atoms with E-state index in [1.807, 2.05) is 12.1 Å². The van der Waals surface area contributed by atoms with Gasteiger partial charge in [0.2, 0.25) is 0 Å². The SMILES string of the molecule is CN1CCC(Oc2cc(OCCN3CCCCC3)cc3ncnc(Nc4ccc(F)c(Cl)c4)c23)CC1. The number of anilines is 2. The van der Waals surface area contributed by atoms with E-state index < -0.39 is 5.82 Å². The van der Waals surface area contributed by atoms with Crippen LogP contribution in [0.4, 0.5) is 15.9 Å². The van der Waals surface area contributed by atoms with Crippen molar-refractivity contribution in [2.45, 2.75) is 38.2 Å². The number of likely N-dealkylation sites (tertiary alicyclic amines) is 2. The second-order valence-corrected chi connectivity index (χ2v) is 10.1. The summed E-state index contributed by atoms with van der Waals surface area (Å²) in [5.41, 5.74) is 1.35. The fraction of sp³-hybridized carbons (Fsp3) is 0.481. The Morgan fingerprint density at radius 3 is 2.64 bits per heavy atom. The van der Waals surface area contributed by atoms with Gasteiger partial charge in [0.25, 0.3) is 0 Å². The topological polar surface area (TPSA) is 62.8 Å². The Bertz CT molecular complexity index is 1180. The van der Waals surface area contributed by atoms with Crippen molar-refractivity contribution >= 4 is 34.0 Å². The molecule has 2 aliphatic rings. The predicted octanol–water partition coefficient (Wildman–Crippen LogP) is 5.50. The van der Waals surface area contributed by atoms with Crippen LogP contribution in [0.3, 0.4) is 0 Å². The molecule has 0 aliphatic carbocycles. The van der Waals surface area contributed by atoms with Gasteiger partial charge < -0.3 is 19.7 Å². The number of rotatable bonds is 8. The average molecular weight is 514 g/mol. The molecule has 0 atom stereocenters. The van der Waals surface area contributed by atoms with Crippen LogP contribution < -0.4 is 14.8 Å². The van der Waals surface area contributed by atoms with Crippen molar-refractivity contribution in [1.82, 2.24) is 19.8 Å². The van der Waals surface area contributed by atoms with Gasteiger partial charge in [-0.15, -0.1) is 0 Å². The number of benzene rings is 2. The van der Waals surface area contributed by atoms with Crippen LogP contribution in [0.25, 0.3) is 10.9 Å². The van der Waals surface area contributed by atoms with E-state index in [2.05, 4.69) is 32.1 Å². The Hall–Kier alpha value is -2.68. The highest BCUT2D eigenvalue weighted by Gasteiger charge is 2.21. The number of nitrogens with one attached hydrogen (secondary N) is 1. The lowest BCUT2D eigenvalue weighted by Gasteiger charge is -2.30. The van der Waals surface area contributed by atoms with Crippen molar-refractivity contribution in [3.63, 3.8) is 0 Å². The predicted molar refractivity (Wildman–Crippen MR) is 141 cm³/mol. The van der Waals surface area contributed by atoms with Crippen LogP contribution in [0.2, 0.25) is 5.02 Å². The van der Waals surface area contributed by atoms with Gasteiger partial charge in [0.05, 0.1) is 15.9 Å². The zero-order valence-corrected chi connectivity index (χ0v) is 21.4. The Morgan fingerprint density at radius 1 is 1.06 bits per heavy atom. The Balaban J connectivity index is 1.42. The molecule has 2 fully saturated rings. The van der Waals surface area contributed by atoms with Crippen molar-refractivity contribution in [1.29, 1.82) is 0 Å². The molecule has 0 bridgehead atoms. The van der Waals surface area contributed by atoms with E-state index in [0.717, 1.165) is 62.2 Å². The minimum Gasteiger partial charge on any atom is -0.492 e. The van der Waals surface area contributed by atoms with Gasteiger partial charge in [-0.2, -0.15) is 0 Å². The molecule has 2 aromatic carbocycles. The summed E-state index contributed by atoms with van der Waals surface area (Å²) in [4.78, 5) is 13.8. The van der Waals surface area contributed by atoms with Crippen LogP contribution in [0.5, 0.6) is 11.5 Å². The third-order valence-electron chi connectivity index (χ3n) is 6.94. The zero-order valence-electron chi connectivity index (χ0n) is 20.7. The molecule has 36 heavy (non-hydrogen) atoms. The van der Waals surface area contributed by atoms with Gasteiger partial charge in [-0.25, -0.2) is 14.4 Å². The van der Waals surface area contributed by atoms with Gasteiger partial charge in [-0.1, -0.05) is 18.0 Å². The maximum atomic E-state index is 13.7. The molecular formula is C27H33ClFN5O2. The number of hydrogen-bond donors (Lipinski definition) is 1. The number of ether oxygens (including phenoxy) is 2. The highest BCUT2D eigenvalue weighted by molar-refractivity contribution is 6.31. The van der Waals surface area contributed by atoms with E-state index in [1.54, 1.807) is 12.1 Å². The van der Waals surface area contributed by atoms with Gasteiger partial charge in [0.1, 0.15) is 42.2 Å². The number of nitrogens with zero attached hydrogens (tertiary/aromatic N) is 4. The van der Waals surface area contributed by atoms with Gasteiger partial charge in [-0.3, -0.25) is 4.90 Å². The van der Waals surface area contributed by atoms with E-state index in [9.17, 15) is 4.39 Å². The number of aromatic nitrogens is 2. The quantitative estimate of drug-likeness (QED) is 0.426. The Kier molecular flexibility index (Phi) is 8.04. The fourth-order valence-corrected chi connectivity index (χ4v) is 5.05. The molecule has 3 aromatic rings. The van der Waals surface area contributed by atoms with E-state index in [-0.39, 0.29) is 11.1 Å². The second kappa shape index (κ2) is 11.6. The summed E-state index contributed by atoms with van der Waals surface area (Å²) in [6, 6.07) is 8.38. The standard InChI is InChI=1S/C27H33ClFN5O2/c1-33-11-7-20(8-12-33)36-25-17-21(35-14-13-34-9-3-2-4-10-34)16-24-26(25)27(31-18-30-24)32-19-5-6-23(29)22(28)15-19/h5-6,15-18,20H,2-4,7-14H2,1H3,(H,30,31,32). The lowest BCUT2D eigenvalue weighted by molar-refractivity contribution is 0.115. The van der Waals surface area contributed by atoms with Gasteiger partial charge in [0.15, 0.2) is 0 Å². The van der Waals surface area contributed by atoms with Crippen molar-refractivity contribution in [2.75, 3.05) is 51.7 Å². The molecule has 192 valence electrons. The number of piperidine rings is 2. The largest absolute Gasteiger partial charge is 0.492 e. The molecule has 0 amide bonds. The molecule has 2 saturated heterocycles. The molecule has 9 heteroatoms. The summed E-state index contributed by atoms with van der Waals surface area (Å²) < 4.78 is 26.4. The zero-order chi connectivity index (χ0) is 24.9. The first kappa shape index (κ1) is 25.0. The normalized spacial score (nSPS) is 17.9. The lowest BCUT2D eigenvalue weighted by atomic mass is 10.1. The minimum atomic E-state index is -0.465. The molecule has 7 nitrogen and oxygen atoms in total. The van der Waals surface area contributed by atoms with Crippen LogP contribution >= 0.6 is 11.6 Å². The second-order valence-electron chi connectivity index (χ2n) is 9.66. The molecule has 3 heterocycles. The summed E-state index contributed by atoms with van der Waals surface area (Å²) >= 11 is 6.00. The van der Waals surface area contributed by atoms with Crippen molar-refractivity contribution < 1.29 is 13.9 Å². The van der Waals surface area contributed by atoms with E-state index in [1.165, 1.54) is 31.7 Å². The number of halogens is 2. The van der Waals surface area contributed by atoms with Gasteiger partial charge >= 0.3 is 0 Å². The minimum absolute atomic E-state index is 0.0468. The smallest absolute Gasteiger partial charge is 0.145 e. The van der Waals surface area contributed by atoms with Crippen LogP contribution in [0, 0.1) is 5.82 Å². The molecule has 0 spiro atoms. The lowest BCUT2D eigenvalue weighted by Crippen LogP contribution is -2.35. The first-order valence-electron chi connectivity index (χ1n) is 12.8. The highest BCUT2D eigenvalue weighted by Crippen LogP contribution is 2.37. The maximum absolute atomic E-state index is 13.7. The summed E-state index contributed by atoms with van der Waals surface area (Å²) in [7, 11) is 2.13. The maximum Gasteiger partial charge on any atom is 0.145 e. The van der Waals surface area contributed by atoms with Crippen LogP contribution in [0.15, 0.2) is 36.7 Å². The van der Waals surface area contributed by atoms with Crippen molar-refractivity contribution in [2.24, 2.45) is 0 Å². The molecule has 1 aromatic heterocycles. The summed E-state index contributed by atoms with van der Waals surface area (Å²) in [6.45, 7) is 5.78. The van der Waals surface area contributed by atoms with E-state index in [0.29, 0.717) is 23.9 Å². The summed E-state index contributed by atoms with van der Waals surface area (Å²) in [6.07, 6.45) is 7.34. The van der Waals surface area contributed by atoms with Crippen molar-refractivity contribution in [3.8, 4) is 11.5 Å². The van der Waals surface area contributed by atoms with Gasteiger partial charge in [0, 0.05) is 37.5 Å². The summed E-state index contributed by atoms with van der Waals surface area (Å²) in [5.74, 6) is 1.53. The molecule has 1 N–H and O–H groups in total. The average Bonchev–Trinajstić information content (AvgIpc) is 2.88. The van der Waals surface area contributed by atoms with Crippen LogP contribution in [-0.2, 0) is 0 Å². The Labute approximate surface area is 216 Å². The monoisotopic (exact) mass is 513 g/mol. The first-order chi connectivity index (χ1) is 17.5. The van der Waals surface area contributed by atoms with Gasteiger partial charge in [-0.05, 0) is 64.0 Å². The van der Waals surface area contributed by atoms with E-state index >= 15 is 0 Å². The molecule has 0 radical (unpaired) electrons. The molecule has 0 saturated carbocycles. The molecule has 0 unspecified atom stereocenters. The fourth-order valence-electron chi connectivity index (χ4n) is 4.87.